The van der Waals surface area contributed by atoms with Crippen molar-refractivity contribution >= 4 is 29.6 Å². The molecule has 164 valence electrons. The van der Waals surface area contributed by atoms with Crippen LogP contribution in [0.1, 0.15) is 46.5 Å². The fourth-order valence-electron chi connectivity index (χ4n) is 3.20. The molecule has 11 heteroatoms. The monoisotopic (exact) mass is 413 g/mol. The van der Waals surface area contributed by atoms with E-state index >= 15 is 0 Å². The van der Waals surface area contributed by atoms with E-state index in [9.17, 15) is 29.1 Å². The molecule has 0 aromatic carbocycles. The van der Waals surface area contributed by atoms with Crippen LogP contribution in [-0.4, -0.2) is 70.3 Å². The topological polar surface area (TPSA) is 185 Å². The molecule has 1 fully saturated rings. The maximum atomic E-state index is 12.7. The number of nitrogens with one attached hydrogen (secondary N) is 2. The molecule has 4 amide bonds. The van der Waals surface area contributed by atoms with Crippen molar-refractivity contribution < 1.29 is 29.1 Å². The first-order valence-electron chi connectivity index (χ1n) is 9.61. The Kier molecular flexibility index (Phi) is 9.02. The van der Waals surface area contributed by atoms with E-state index in [1.165, 1.54) is 11.8 Å². The van der Waals surface area contributed by atoms with Gasteiger partial charge in [-0.05, 0) is 32.1 Å². The Morgan fingerprint density at radius 2 is 1.76 bits per heavy atom. The summed E-state index contributed by atoms with van der Waals surface area (Å²) in [7, 11) is 0. The third kappa shape index (κ3) is 7.33. The first kappa shape index (κ1) is 24.3. The molecule has 0 radical (unpaired) electrons. The summed E-state index contributed by atoms with van der Waals surface area (Å²) in [5.41, 5.74) is 10.6. The summed E-state index contributed by atoms with van der Waals surface area (Å²) in [6.45, 7) is 5.46. The Hall–Kier alpha value is -2.69. The highest BCUT2D eigenvalue weighted by Gasteiger charge is 2.38. The van der Waals surface area contributed by atoms with Crippen LogP contribution in [0.15, 0.2) is 0 Å². The lowest BCUT2D eigenvalue weighted by molar-refractivity contribution is -0.145. The summed E-state index contributed by atoms with van der Waals surface area (Å²) in [5.74, 6) is -3.53. The first-order chi connectivity index (χ1) is 13.4. The van der Waals surface area contributed by atoms with Gasteiger partial charge in [-0.25, -0.2) is 4.79 Å². The Labute approximate surface area is 169 Å². The maximum Gasteiger partial charge on any atom is 0.326 e. The molecule has 0 spiro atoms. The zero-order chi connectivity index (χ0) is 22.3. The minimum absolute atomic E-state index is 0.0672. The number of likely N-dealkylation sites (tertiary alicyclic amines) is 1. The Morgan fingerprint density at radius 3 is 2.28 bits per heavy atom. The number of carboxylic acid groups (broad SMARTS) is 1. The number of amides is 4. The number of hydrogen-bond acceptors (Lipinski definition) is 6. The van der Waals surface area contributed by atoms with Gasteiger partial charge < -0.3 is 32.1 Å². The SMILES string of the molecule is CC(C)CC(NC(=O)C1CCCN1C(=O)C(C)NC(=O)C(N)CC(N)=O)C(=O)O. The predicted molar refractivity (Wildman–Crippen MR) is 103 cm³/mol. The number of hydrogen-bond donors (Lipinski definition) is 5. The lowest BCUT2D eigenvalue weighted by Gasteiger charge is -2.28. The van der Waals surface area contributed by atoms with E-state index in [4.69, 9.17) is 11.5 Å². The number of nitrogens with two attached hydrogens (primary N) is 2. The van der Waals surface area contributed by atoms with E-state index < -0.39 is 53.8 Å². The fourth-order valence-corrected chi connectivity index (χ4v) is 3.20. The van der Waals surface area contributed by atoms with E-state index in [1.54, 1.807) is 0 Å². The zero-order valence-electron chi connectivity index (χ0n) is 17.0. The van der Waals surface area contributed by atoms with Crippen molar-refractivity contribution in [1.29, 1.82) is 0 Å². The lowest BCUT2D eigenvalue weighted by atomic mass is 10.0. The molecule has 0 aromatic heterocycles. The van der Waals surface area contributed by atoms with Crippen LogP contribution in [0.5, 0.6) is 0 Å². The molecule has 0 aliphatic carbocycles. The summed E-state index contributed by atoms with van der Waals surface area (Å²) in [6, 6.07) is -3.99. The average molecular weight is 413 g/mol. The molecule has 7 N–H and O–H groups in total. The van der Waals surface area contributed by atoms with Crippen molar-refractivity contribution in [2.75, 3.05) is 6.54 Å². The van der Waals surface area contributed by atoms with Crippen LogP contribution >= 0.6 is 0 Å². The lowest BCUT2D eigenvalue weighted by Crippen LogP contribution is -2.56. The molecule has 1 aliphatic rings. The molecule has 1 rings (SSSR count). The molecule has 1 saturated heterocycles. The van der Waals surface area contributed by atoms with Crippen LogP contribution in [0.2, 0.25) is 0 Å². The van der Waals surface area contributed by atoms with E-state index in [0.717, 1.165) is 0 Å². The zero-order valence-corrected chi connectivity index (χ0v) is 17.0. The Balaban J connectivity index is 2.75. The van der Waals surface area contributed by atoms with Gasteiger partial charge in [0.1, 0.15) is 18.1 Å². The summed E-state index contributed by atoms with van der Waals surface area (Å²) in [4.78, 5) is 60.9. The van der Waals surface area contributed by atoms with Crippen LogP contribution in [-0.2, 0) is 24.0 Å². The first-order valence-corrected chi connectivity index (χ1v) is 9.61. The van der Waals surface area contributed by atoms with Gasteiger partial charge in [0.25, 0.3) is 0 Å². The average Bonchev–Trinajstić information content (AvgIpc) is 3.08. The van der Waals surface area contributed by atoms with Crippen LogP contribution < -0.4 is 22.1 Å². The van der Waals surface area contributed by atoms with Gasteiger partial charge in [0.05, 0.1) is 12.5 Å². The highest BCUT2D eigenvalue weighted by molar-refractivity contribution is 5.95. The molecule has 0 bridgehead atoms. The molecule has 1 heterocycles. The van der Waals surface area contributed by atoms with Gasteiger partial charge in [0, 0.05) is 6.54 Å². The smallest absolute Gasteiger partial charge is 0.326 e. The largest absolute Gasteiger partial charge is 0.480 e. The quantitative estimate of drug-likeness (QED) is 0.282. The predicted octanol–water partition coefficient (Wildman–Crippen LogP) is -1.70. The van der Waals surface area contributed by atoms with Crippen molar-refractivity contribution in [2.45, 2.75) is 70.6 Å². The van der Waals surface area contributed by atoms with Crippen molar-refractivity contribution in [3.63, 3.8) is 0 Å². The normalized spacial score (nSPS) is 19.3. The minimum Gasteiger partial charge on any atom is -0.480 e. The summed E-state index contributed by atoms with van der Waals surface area (Å²) < 4.78 is 0. The van der Waals surface area contributed by atoms with Crippen LogP contribution in [0, 0.1) is 5.92 Å². The summed E-state index contributed by atoms with van der Waals surface area (Å²) in [6.07, 6.45) is 0.890. The Bertz CT molecular complexity index is 653. The number of carbonyl (C=O) groups excluding carboxylic acids is 4. The van der Waals surface area contributed by atoms with Gasteiger partial charge in [-0.1, -0.05) is 13.8 Å². The number of aliphatic carboxylic acids is 1. The van der Waals surface area contributed by atoms with Gasteiger partial charge in [-0.15, -0.1) is 0 Å². The van der Waals surface area contributed by atoms with E-state index in [2.05, 4.69) is 10.6 Å². The minimum atomic E-state index is -1.17. The highest BCUT2D eigenvalue weighted by Crippen LogP contribution is 2.19. The molecule has 11 nitrogen and oxygen atoms in total. The second-order valence-electron chi connectivity index (χ2n) is 7.73. The maximum absolute atomic E-state index is 12.7. The van der Waals surface area contributed by atoms with Crippen LogP contribution in [0.3, 0.4) is 0 Å². The molecule has 4 atom stereocenters. The number of primary amides is 1. The van der Waals surface area contributed by atoms with Gasteiger partial charge >= 0.3 is 5.97 Å². The molecule has 0 saturated carbocycles. The van der Waals surface area contributed by atoms with Crippen molar-refractivity contribution in [3.8, 4) is 0 Å². The van der Waals surface area contributed by atoms with Crippen molar-refractivity contribution in [1.82, 2.24) is 15.5 Å². The van der Waals surface area contributed by atoms with E-state index in [1.807, 2.05) is 13.8 Å². The van der Waals surface area contributed by atoms with E-state index in [0.29, 0.717) is 19.4 Å². The summed E-state index contributed by atoms with van der Waals surface area (Å²) in [5, 5.41) is 14.2. The van der Waals surface area contributed by atoms with Gasteiger partial charge in [0.2, 0.25) is 23.6 Å². The fraction of sp³-hybridized carbons (Fsp3) is 0.722. The molecule has 0 aromatic rings. The summed E-state index contributed by atoms with van der Waals surface area (Å²) >= 11 is 0. The standard InChI is InChI=1S/C18H31N5O6/c1-9(2)7-12(18(28)29)22-16(26)13-5-4-6-23(13)17(27)10(3)21-15(25)11(19)8-14(20)24/h9-13H,4-8,19H2,1-3H3,(H2,20,24)(H,21,25)(H,22,26)(H,28,29). The second-order valence-corrected chi connectivity index (χ2v) is 7.73. The van der Waals surface area contributed by atoms with Crippen molar-refractivity contribution in [3.05, 3.63) is 0 Å². The Morgan fingerprint density at radius 1 is 1.14 bits per heavy atom. The molecular formula is C18H31N5O6. The van der Waals surface area contributed by atoms with Crippen LogP contribution in [0.4, 0.5) is 0 Å². The van der Waals surface area contributed by atoms with Crippen LogP contribution in [0.25, 0.3) is 0 Å². The number of carbonyl (C=O) groups is 5. The van der Waals surface area contributed by atoms with E-state index in [-0.39, 0.29) is 18.8 Å². The molecule has 1 aliphatic heterocycles. The third-order valence-electron chi connectivity index (χ3n) is 4.65. The van der Waals surface area contributed by atoms with Crippen molar-refractivity contribution in [2.24, 2.45) is 17.4 Å². The number of nitrogens with zero attached hydrogens (tertiary/aromatic N) is 1. The molecule has 29 heavy (non-hydrogen) atoms. The molecular weight excluding hydrogens is 382 g/mol. The van der Waals surface area contributed by atoms with Gasteiger partial charge in [0.15, 0.2) is 0 Å². The second kappa shape index (κ2) is 10.7. The number of carboxylic acids is 1. The highest BCUT2D eigenvalue weighted by atomic mass is 16.4. The number of rotatable bonds is 10. The van der Waals surface area contributed by atoms with Gasteiger partial charge in [-0.3, -0.25) is 19.2 Å². The molecule has 4 unspecified atom stereocenters. The van der Waals surface area contributed by atoms with Gasteiger partial charge in [-0.2, -0.15) is 0 Å². The third-order valence-corrected chi connectivity index (χ3v) is 4.65.